The number of rotatable bonds is 3. The van der Waals surface area contributed by atoms with Gasteiger partial charge in [0.15, 0.2) is 0 Å². The summed E-state index contributed by atoms with van der Waals surface area (Å²) in [6, 6.07) is 0. The van der Waals surface area contributed by atoms with E-state index in [0.717, 1.165) is 12.2 Å². The van der Waals surface area contributed by atoms with Gasteiger partial charge >= 0.3 is 12.4 Å². The fourth-order valence-corrected chi connectivity index (χ4v) is 0.995. The SMILES string of the molecule is CC/C(=C\C(C)=C/CC(F)(F)F)C(F)(F)F. The van der Waals surface area contributed by atoms with E-state index in [2.05, 4.69) is 0 Å². The van der Waals surface area contributed by atoms with Crippen molar-refractivity contribution in [3.63, 3.8) is 0 Å². The molecule has 0 spiro atoms. The fraction of sp³-hybridized carbons (Fsp3) is 0.600. The topological polar surface area (TPSA) is 0 Å². The van der Waals surface area contributed by atoms with Crippen LogP contribution in [0.25, 0.3) is 0 Å². The molecular weight excluding hydrogens is 234 g/mol. The second-order valence-electron chi connectivity index (χ2n) is 3.29. The molecule has 0 radical (unpaired) electrons. The second kappa shape index (κ2) is 5.41. The van der Waals surface area contributed by atoms with E-state index in [9.17, 15) is 26.3 Å². The Hall–Kier alpha value is -0.940. The standard InChI is InChI=1S/C10H12F6/c1-3-8(10(14,15)16)6-7(2)4-5-9(11,12)13/h4,6H,3,5H2,1-2H3/b7-4-,8-6+. The number of hydrogen-bond donors (Lipinski definition) is 0. The third-order valence-corrected chi connectivity index (χ3v) is 1.80. The van der Waals surface area contributed by atoms with Gasteiger partial charge in [0.2, 0.25) is 0 Å². The number of alkyl halides is 6. The van der Waals surface area contributed by atoms with Crippen LogP contribution in [0, 0.1) is 0 Å². The maximum Gasteiger partial charge on any atom is 0.412 e. The van der Waals surface area contributed by atoms with Gasteiger partial charge in [0.1, 0.15) is 0 Å². The zero-order valence-electron chi connectivity index (χ0n) is 8.84. The zero-order chi connectivity index (χ0) is 13.0. The molecule has 0 atom stereocenters. The summed E-state index contributed by atoms with van der Waals surface area (Å²) in [5.74, 6) is 0. The Labute approximate surface area is 89.6 Å². The minimum atomic E-state index is -4.48. The minimum Gasteiger partial charge on any atom is -0.171 e. The first-order valence-electron chi connectivity index (χ1n) is 4.57. The minimum absolute atomic E-state index is 0.0356. The van der Waals surface area contributed by atoms with Crippen LogP contribution in [-0.4, -0.2) is 12.4 Å². The Morgan fingerprint density at radius 1 is 1.06 bits per heavy atom. The van der Waals surface area contributed by atoms with Crippen molar-refractivity contribution < 1.29 is 26.3 Å². The van der Waals surface area contributed by atoms with Gasteiger partial charge in [-0.3, -0.25) is 0 Å². The summed E-state index contributed by atoms with van der Waals surface area (Å²) >= 11 is 0. The van der Waals surface area contributed by atoms with Crippen molar-refractivity contribution in [2.45, 2.75) is 39.0 Å². The van der Waals surface area contributed by atoms with Crippen LogP contribution in [0.15, 0.2) is 23.3 Å². The highest BCUT2D eigenvalue weighted by molar-refractivity contribution is 5.24. The summed E-state index contributed by atoms with van der Waals surface area (Å²) in [5.41, 5.74) is -0.866. The largest absolute Gasteiger partial charge is 0.412 e. The molecule has 0 aromatic carbocycles. The molecule has 0 aliphatic carbocycles. The van der Waals surface area contributed by atoms with Crippen molar-refractivity contribution in [2.75, 3.05) is 0 Å². The molecule has 0 nitrogen and oxygen atoms in total. The lowest BCUT2D eigenvalue weighted by Crippen LogP contribution is -2.11. The van der Waals surface area contributed by atoms with Crippen LogP contribution in [-0.2, 0) is 0 Å². The Morgan fingerprint density at radius 3 is 1.88 bits per heavy atom. The molecule has 0 saturated carbocycles. The first kappa shape index (κ1) is 15.1. The molecule has 0 fully saturated rings. The van der Waals surface area contributed by atoms with Crippen molar-refractivity contribution in [3.8, 4) is 0 Å². The van der Waals surface area contributed by atoms with E-state index in [-0.39, 0.29) is 12.0 Å². The lowest BCUT2D eigenvalue weighted by molar-refractivity contribution is -0.125. The van der Waals surface area contributed by atoms with Crippen LogP contribution in [0.2, 0.25) is 0 Å². The molecule has 0 aromatic heterocycles. The van der Waals surface area contributed by atoms with Crippen LogP contribution in [0.1, 0.15) is 26.7 Å². The molecule has 0 bridgehead atoms. The normalized spacial score (nSPS) is 15.5. The monoisotopic (exact) mass is 246 g/mol. The predicted molar refractivity (Wildman–Crippen MR) is 48.9 cm³/mol. The smallest absolute Gasteiger partial charge is 0.171 e. The molecule has 0 saturated heterocycles. The summed E-state index contributed by atoms with van der Waals surface area (Å²) in [6.07, 6.45) is -8.88. The van der Waals surface area contributed by atoms with Gasteiger partial charge in [0.25, 0.3) is 0 Å². The Kier molecular flexibility index (Phi) is 5.09. The number of halogens is 6. The van der Waals surface area contributed by atoms with Gasteiger partial charge in [0, 0.05) is 5.57 Å². The van der Waals surface area contributed by atoms with Gasteiger partial charge in [-0.15, -0.1) is 0 Å². The van der Waals surface area contributed by atoms with Crippen LogP contribution in [0.3, 0.4) is 0 Å². The van der Waals surface area contributed by atoms with Crippen LogP contribution >= 0.6 is 0 Å². The van der Waals surface area contributed by atoms with Gasteiger partial charge in [-0.05, 0) is 13.3 Å². The maximum atomic E-state index is 12.2. The summed E-state index contributed by atoms with van der Waals surface area (Å²) in [6.45, 7) is 2.52. The third-order valence-electron chi connectivity index (χ3n) is 1.80. The van der Waals surface area contributed by atoms with Gasteiger partial charge in [-0.25, -0.2) is 0 Å². The van der Waals surface area contributed by atoms with Gasteiger partial charge in [0.05, 0.1) is 6.42 Å². The average Bonchev–Trinajstić information content (AvgIpc) is 2.07. The number of hydrogen-bond acceptors (Lipinski definition) is 0. The first-order valence-corrected chi connectivity index (χ1v) is 4.57. The fourth-order valence-electron chi connectivity index (χ4n) is 0.995. The third kappa shape index (κ3) is 6.53. The highest BCUT2D eigenvalue weighted by Gasteiger charge is 2.32. The molecule has 0 N–H and O–H groups in total. The van der Waals surface area contributed by atoms with Crippen LogP contribution in [0.5, 0.6) is 0 Å². The van der Waals surface area contributed by atoms with Gasteiger partial charge in [-0.2, -0.15) is 26.3 Å². The Morgan fingerprint density at radius 2 is 1.56 bits per heavy atom. The van der Waals surface area contributed by atoms with Crippen molar-refractivity contribution in [1.82, 2.24) is 0 Å². The van der Waals surface area contributed by atoms with Crippen molar-refractivity contribution in [3.05, 3.63) is 23.3 Å². The van der Waals surface area contributed by atoms with E-state index >= 15 is 0 Å². The molecule has 16 heavy (non-hydrogen) atoms. The summed E-state index contributed by atoms with van der Waals surface area (Å²) < 4.78 is 72.1. The van der Waals surface area contributed by atoms with E-state index in [1.54, 1.807) is 0 Å². The summed E-state index contributed by atoms with van der Waals surface area (Å²) in [7, 11) is 0. The molecular formula is C10H12F6. The second-order valence-corrected chi connectivity index (χ2v) is 3.29. The van der Waals surface area contributed by atoms with Gasteiger partial charge in [-0.1, -0.05) is 24.6 Å². The summed E-state index contributed by atoms with van der Waals surface area (Å²) in [5, 5.41) is 0. The molecule has 0 amide bonds. The predicted octanol–water partition coefficient (Wildman–Crippen LogP) is 4.78. The van der Waals surface area contributed by atoms with E-state index < -0.39 is 24.3 Å². The first-order chi connectivity index (χ1) is 7.06. The zero-order valence-corrected chi connectivity index (χ0v) is 8.84. The van der Waals surface area contributed by atoms with E-state index in [1.165, 1.54) is 13.8 Å². The molecule has 0 unspecified atom stereocenters. The lowest BCUT2D eigenvalue weighted by Gasteiger charge is -2.09. The van der Waals surface area contributed by atoms with E-state index in [1.807, 2.05) is 0 Å². The average molecular weight is 246 g/mol. The van der Waals surface area contributed by atoms with Crippen molar-refractivity contribution in [1.29, 1.82) is 0 Å². The molecule has 6 heteroatoms. The van der Waals surface area contributed by atoms with E-state index in [4.69, 9.17) is 0 Å². The summed E-state index contributed by atoms with van der Waals surface area (Å²) in [4.78, 5) is 0. The maximum absolute atomic E-state index is 12.2. The highest BCUT2D eigenvalue weighted by atomic mass is 19.4. The van der Waals surface area contributed by atoms with Gasteiger partial charge < -0.3 is 0 Å². The number of allylic oxidation sites excluding steroid dienone is 4. The van der Waals surface area contributed by atoms with Crippen molar-refractivity contribution in [2.24, 2.45) is 0 Å². The quantitative estimate of drug-likeness (QED) is 0.496. The highest BCUT2D eigenvalue weighted by Crippen LogP contribution is 2.29. The van der Waals surface area contributed by atoms with E-state index in [0.29, 0.717) is 0 Å². The lowest BCUT2D eigenvalue weighted by atomic mass is 10.1. The molecule has 0 heterocycles. The van der Waals surface area contributed by atoms with Crippen LogP contribution < -0.4 is 0 Å². The molecule has 0 aliphatic rings. The Bertz CT molecular complexity index is 279. The molecule has 0 aromatic rings. The molecule has 0 aliphatic heterocycles. The molecule has 94 valence electrons. The molecule has 0 rings (SSSR count). The van der Waals surface area contributed by atoms with Crippen LogP contribution in [0.4, 0.5) is 26.3 Å². The van der Waals surface area contributed by atoms with Crippen molar-refractivity contribution >= 4 is 0 Å². The Balaban J connectivity index is 4.74.